The standard InChI is InChI=1S/C26H38F4/c1-2-3-4-5-6-7-19-8-10-20(11-9-19)21-12-14-22(15-13-21)23-16-17-24(25(27)18-23)26(28,29)30/h16-22H,2-15H2,1H3. The first-order valence-corrected chi connectivity index (χ1v) is 12.2. The summed E-state index contributed by atoms with van der Waals surface area (Å²) in [6.45, 7) is 2.26. The Balaban J connectivity index is 1.40. The van der Waals surface area contributed by atoms with E-state index in [0.29, 0.717) is 0 Å². The average molecular weight is 427 g/mol. The minimum Gasteiger partial charge on any atom is -0.206 e. The molecule has 0 heterocycles. The molecule has 0 atom stereocenters. The number of alkyl halides is 3. The molecule has 2 aliphatic rings. The molecule has 0 aliphatic heterocycles. The Morgan fingerprint density at radius 2 is 1.40 bits per heavy atom. The summed E-state index contributed by atoms with van der Waals surface area (Å²) in [6.07, 6.45) is 13.3. The smallest absolute Gasteiger partial charge is 0.206 e. The quantitative estimate of drug-likeness (QED) is 0.287. The van der Waals surface area contributed by atoms with Crippen LogP contribution in [0.1, 0.15) is 114 Å². The average Bonchev–Trinajstić information content (AvgIpc) is 2.73. The first-order chi connectivity index (χ1) is 14.4. The van der Waals surface area contributed by atoms with Crippen molar-refractivity contribution >= 4 is 0 Å². The van der Waals surface area contributed by atoms with Crippen molar-refractivity contribution in [2.45, 2.75) is 109 Å². The maximum absolute atomic E-state index is 13.9. The normalized spacial score (nSPS) is 27.9. The summed E-state index contributed by atoms with van der Waals surface area (Å²) >= 11 is 0. The highest BCUT2D eigenvalue weighted by atomic mass is 19.4. The van der Waals surface area contributed by atoms with Gasteiger partial charge < -0.3 is 0 Å². The largest absolute Gasteiger partial charge is 0.419 e. The molecule has 2 aliphatic carbocycles. The van der Waals surface area contributed by atoms with Gasteiger partial charge in [0.15, 0.2) is 0 Å². The van der Waals surface area contributed by atoms with Gasteiger partial charge in [-0.05, 0) is 79.9 Å². The van der Waals surface area contributed by atoms with E-state index in [1.807, 2.05) is 0 Å². The lowest BCUT2D eigenvalue weighted by Crippen LogP contribution is -2.25. The number of rotatable bonds is 8. The van der Waals surface area contributed by atoms with E-state index in [1.165, 1.54) is 70.3 Å². The zero-order valence-corrected chi connectivity index (χ0v) is 18.5. The lowest BCUT2D eigenvalue weighted by atomic mass is 9.68. The second kappa shape index (κ2) is 11.0. The van der Waals surface area contributed by atoms with Gasteiger partial charge in [-0.3, -0.25) is 0 Å². The van der Waals surface area contributed by atoms with Crippen molar-refractivity contribution in [1.82, 2.24) is 0 Å². The van der Waals surface area contributed by atoms with Gasteiger partial charge in [-0.2, -0.15) is 13.2 Å². The molecule has 0 saturated heterocycles. The Labute approximate surface area is 179 Å². The molecule has 1 aromatic carbocycles. The molecule has 0 unspecified atom stereocenters. The maximum Gasteiger partial charge on any atom is 0.419 e. The lowest BCUT2D eigenvalue weighted by molar-refractivity contribution is -0.140. The van der Waals surface area contributed by atoms with Crippen molar-refractivity contribution in [3.8, 4) is 0 Å². The van der Waals surface area contributed by atoms with Crippen LogP contribution in [0.3, 0.4) is 0 Å². The third-order valence-electron chi connectivity index (χ3n) is 7.82. The van der Waals surface area contributed by atoms with Crippen LogP contribution in [0, 0.1) is 23.6 Å². The van der Waals surface area contributed by atoms with E-state index in [-0.39, 0.29) is 5.92 Å². The van der Waals surface area contributed by atoms with Gasteiger partial charge in [-0.1, -0.05) is 64.4 Å². The van der Waals surface area contributed by atoms with E-state index in [2.05, 4.69) is 6.92 Å². The first-order valence-electron chi connectivity index (χ1n) is 12.2. The van der Waals surface area contributed by atoms with Crippen molar-refractivity contribution in [2.24, 2.45) is 17.8 Å². The lowest BCUT2D eigenvalue weighted by Gasteiger charge is -2.38. The first kappa shape index (κ1) is 23.6. The second-order valence-electron chi connectivity index (χ2n) is 9.83. The predicted octanol–water partition coefficient (Wildman–Crippen LogP) is 9.29. The highest BCUT2D eigenvalue weighted by Crippen LogP contribution is 2.45. The summed E-state index contributed by atoms with van der Waals surface area (Å²) in [4.78, 5) is 0. The number of hydrogen-bond donors (Lipinski definition) is 0. The van der Waals surface area contributed by atoms with Gasteiger partial charge in [0.05, 0.1) is 5.56 Å². The third-order valence-corrected chi connectivity index (χ3v) is 7.82. The SMILES string of the molecule is CCCCCCCC1CCC(C2CCC(c3ccc(C(F)(F)F)c(F)c3)CC2)CC1. The van der Waals surface area contributed by atoms with Crippen molar-refractivity contribution in [3.63, 3.8) is 0 Å². The van der Waals surface area contributed by atoms with Crippen LogP contribution < -0.4 is 0 Å². The van der Waals surface area contributed by atoms with Gasteiger partial charge in [0.25, 0.3) is 0 Å². The molecule has 0 N–H and O–H groups in total. The van der Waals surface area contributed by atoms with Crippen molar-refractivity contribution in [3.05, 3.63) is 35.1 Å². The molecule has 0 amide bonds. The second-order valence-corrected chi connectivity index (χ2v) is 9.83. The molecule has 3 rings (SSSR count). The van der Waals surface area contributed by atoms with Crippen LogP contribution >= 0.6 is 0 Å². The van der Waals surface area contributed by atoms with Crippen LogP contribution in [-0.2, 0) is 6.18 Å². The molecule has 2 fully saturated rings. The van der Waals surface area contributed by atoms with E-state index in [9.17, 15) is 17.6 Å². The molecule has 0 bridgehead atoms. The van der Waals surface area contributed by atoms with Crippen LogP contribution in [0.5, 0.6) is 0 Å². The fraction of sp³-hybridized carbons (Fsp3) is 0.769. The fourth-order valence-corrected chi connectivity index (χ4v) is 5.92. The molecule has 30 heavy (non-hydrogen) atoms. The van der Waals surface area contributed by atoms with Crippen LogP contribution in [0.2, 0.25) is 0 Å². The summed E-state index contributed by atoms with van der Waals surface area (Å²) < 4.78 is 52.3. The molecule has 0 aromatic heterocycles. The molecule has 1 aromatic rings. The zero-order chi connectivity index (χ0) is 21.6. The van der Waals surface area contributed by atoms with Crippen LogP contribution in [0.25, 0.3) is 0 Å². The molecule has 0 spiro atoms. The van der Waals surface area contributed by atoms with Gasteiger partial charge >= 0.3 is 6.18 Å². The highest BCUT2D eigenvalue weighted by molar-refractivity contribution is 5.29. The molecule has 0 nitrogen and oxygen atoms in total. The monoisotopic (exact) mass is 426 g/mol. The maximum atomic E-state index is 13.9. The molecular weight excluding hydrogens is 388 g/mol. The van der Waals surface area contributed by atoms with Crippen LogP contribution in [0.15, 0.2) is 18.2 Å². The Kier molecular flexibility index (Phi) is 8.65. The summed E-state index contributed by atoms with van der Waals surface area (Å²) in [7, 11) is 0. The topological polar surface area (TPSA) is 0 Å². The third kappa shape index (κ3) is 6.47. The minimum absolute atomic E-state index is 0.206. The van der Waals surface area contributed by atoms with Crippen LogP contribution in [-0.4, -0.2) is 0 Å². The Morgan fingerprint density at radius 3 is 1.97 bits per heavy atom. The van der Waals surface area contributed by atoms with Gasteiger partial charge in [-0.15, -0.1) is 0 Å². The number of benzene rings is 1. The summed E-state index contributed by atoms with van der Waals surface area (Å²) in [5, 5.41) is 0. The predicted molar refractivity (Wildman–Crippen MR) is 115 cm³/mol. The molecule has 170 valence electrons. The van der Waals surface area contributed by atoms with E-state index >= 15 is 0 Å². The van der Waals surface area contributed by atoms with Crippen molar-refractivity contribution < 1.29 is 17.6 Å². The molecule has 0 radical (unpaired) electrons. The van der Waals surface area contributed by atoms with Crippen molar-refractivity contribution in [1.29, 1.82) is 0 Å². The highest BCUT2D eigenvalue weighted by Gasteiger charge is 2.35. The Bertz CT molecular complexity index is 635. The van der Waals surface area contributed by atoms with E-state index < -0.39 is 17.6 Å². The van der Waals surface area contributed by atoms with Gasteiger partial charge in [0, 0.05) is 0 Å². The number of halogens is 4. The van der Waals surface area contributed by atoms with E-state index in [1.54, 1.807) is 0 Å². The summed E-state index contributed by atoms with van der Waals surface area (Å²) in [6, 6.07) is 3.53. The van der Waals surface area contributed by atoms with Crippen LogP contribution in [0.4, 0.5) is 17.6 Å². The van der Waals surface area contributed by atoms with E-state index in [4.69, 9.17) is 0 Å². The van der Waals surface area contributed by atoms with Crippen molar-refractivity contribution in [2.75, 3.05) is 0 Å². The Hall–Kier alpha value is -1.06. The molecule has 4 heteroatoms. The summed E-state index contributed by atoms with van der Waals surface area (Å²) in [5.74, 6) is 1.58. The van der Waals surface area contributed by atoms with Gasteiger partial charge in [0.1, 0.15) is 5.82 Å². The number of hydrogen-bond acceptors (Lipinski definition) is 0. The van der Waals surface area contributed by atoms with Gasteiger partial charge in [-0.25, -0.2) is 4.39 Å². The van der Waals surface area contributed by atoms with E-state index in [0.717, 1.165) is 61.1 Å². The minimum atomic E-state index is -4.62. The van der Waals surface area contributed by atoms with Gasteiger partial charge in [0.2, 0.25) is 0 Å². The number of unbranched alkanes of at least 4 members (excludes halogenated alkanes) is 4. The Morgan fingerprint density at radius 1 is 0.800 bits per heavy atom. The fourth-order valence-electron chi connectivity index (χ4n) is 5.92. The molecule has 2 saturated carbocycles. The summed E-state index contributed by atoms with van der Waals surface area (Å²) in [5.41, 5.74) is -0.409. The molecular formula is C26H38F4. The zero-order valence-electron chi connectivity index (χ0n) is 18.5.